The molecule has 4 rings (SSSR count). The van der Waals surface area contributed by atoms with Crippen molar-refractivity contribution in [2.45, 2.75) is 6.42 Å². The summed E-state index contributed by atoms with van der Waals surface area (Å²) < 4.78 is 16.3. The molecule has 0 unspecified atom stereocenters. The molecular formula is C26H26N4O3. The highest BCUT2D eigenvalue weighted by molar-refractivity contribution is 5.92. The molecule has 0 fully saturated rings. The molecule has 7 nitrogen and oxygen atoms in total. The highest BCUT2D eigenvalue weighted by atomic mass is 16.5. The zero-order valence-corrected chi connectivity index (χ0v) is 18.9. The van der Waals surface area contributed by atoms with E-state index in [1.807, 2.05) is 60.7 Å². The minimum Gasteiger partial charge on any atom is -0.497 e. The number of ether oxygens (including phenoxy) is 3. The second-order valence-electron chi connectivity index (χ2n) is 7.30. The number of rotatable bonds is 9. The van der Waals surface area contributed by atoms with E-state index in [1.165, 1.54) is 5.56 Å². The number of hydrogen-bond donors (Lipinski definition) is 1. The SMILES string of the molecule is COc1cccc(/C=C/c2nc(NCCc3ccncc3)c3cc(OC)c(OC)cc3n2)c1. The first-order valence-electron chi connectivity index (χ1n) is 10.6. The average Bonchev–Trinajstić information content (AvgIpc) is 2.87. The van der Waals surface area contributed by atoms with E-state index in [9.17, 15) is 0 Å². The first kappa shape index (κ1) is 22.1. The molecule has 4 aromatic rings. The lowest BCUT2D eigenvalue weighted by Gasteiger charge is -2.13. The van der Waals surface area contributed by atoms with E-state index in [2.05, 4.69) is 10.3 Å². The van der Waals surface area contributed by atoms with Crippen LogP contribution < -0.4 is 19.5 Å². The molecule has 0 amide bonds. The maximum absolute atomic E-state index is 5.49. The maximum Gasteiger partial charge on any atom is 0.162 e. The topological polar surface area (TPSA) is 78.4 Å². The third kappa shape index (κ3) is 5.38. The molecule has 7 heteroatoms. The summed E-state index contributed by atoms with van der Waals surface area (Å²) in [6.07, 6.45) is 8.29. The smallest absolute Gasteiger partial charge is 0.162 e. The molecule has 0 aliphatic heterocycles. The van der Waals surface area contributed by atoms with Crippen molar-refractivity contribution in [1.29, 1.82) is 0 Å². The first-order valence-corrected chi connectivity index (χ1v) is 10.6. The van der Waals surface area contributed by atoms with Crippen LogP contribution in [0.15, 0.2) is 60.9 Å². The Labute approximate surface area is 193 Å². The van der Waals surface area contributed by atoms with Crippen molar-refractivity contribution in [3.63, 3.8) is 0 Å². The molecular weight excluding hydrogens is 416 g/mol. The number of anilines is 1. The largest absolute Gasteiger partial charge is 0.497 e. The minimum atomic E-state index is 0.587. The summed E-state index contributed by atoms with van der Waals surface area (Å²) in [6.45, 7) is 0.712. The molecule has 0 atom stereocenters. The Bertz CT molecular complexity index is 1260. The number of nitrogens with zero attached hydrogens (tertiary/aromatic N) is 3. The van der Waals surface area contributed by atoms with E-state index in [-0.39, 0.29) is 0 Å². The molecule has 0 aliphatic rings. The normalized spacial score (nSPS) is 11.0. The predicted octanol–water partition coefficient (Wildman–Crippen LogP) is 4.88. The Morgan fingerprint density at radius 3 is 2.39 bits per heavy atom. The van der Waals surface area contributed by atoms with Crippen molar-refractivity contribution in [1.82, 2.24) is 15.0 Å². The Balaban J connectivity index is 1.68. The van der Waals surface area contributed by atoms with Gasteiger partial charge in [0.05, 0.1) is 26.8 Å². The van der Waals surface area contributed by atoms with Gasteiger partial charge < -0.3 is 19.5 Å². The maximum atomic E-state index is 5.49. The zero-order valence-electron chi connectivity index (χ0n) is 18.9. The lowest BCUT2D eigenvalue weighted by atomic mass is 10.1. The Kier molecular flexibility index (Phi) is 6.99. The van der Waals surface area contributed by atoms with Crippen molar-refractivity contribution in [3.8, 4) is 17.2 Å². The number of methoxy groups -OCH3 is 3. The fraction of sp³-hybridized carbons (Fsp3) is 0.192. The molecule has 1 N–H and O–H groups in total. The molecule has 0 aliphatic carbocycles. The van der Waals surface area contributed by atoms with Crippen LogP contribution in [0.5, 0.6) is 17.2 Å². The van der Waals surface area contributed by atoms with Crippen LogP contribution in [0.3, 0.4) is 0 Å². The van der Waals surface area contributed by atoms with Crippen LogP contribution in [-0.4, -0.2) is 42.8 Å². The average molecular weight is 443 g/mol. The van der Waals surface area contributed by atoms with Crippen LogP contribution in [0.1, 0.15) is 17.0 Å². The van der Waals surface area contributed by atoms with Crippen molar-refractivity contribution < 1.29 is 14.2 Å². The van der Waals surface area contributed by atoms with Gasteiger partial charge in [-0.1, -0.05) is 18.2 Å². The van der Waals surface area contributed by atoms with Crippen LogP contribution in [0.2, 0.25) is 0 Å². The van der Waals surface area contributed by atoms with E-state index in [0.717, 1.165) is 34.5 Å². The van der Waals surface area contributed by atoms with Crippen LogP contribution in [0.4, 0.5) is 5.82 Å². The van der Waals surface area contributed by atoms with Gasteiger partial charge in [0.2, 0.25) is 0 Å². The summed E-state index contributed by atoms with van der Waals surface area (Å²) >= 11 is 0. The Hall–Kier alpha value is -4.13. The third-order valence-electron chi connectivity index (χ3n) is 5.19. The summed E-state index contributed by atoms with van der Waals surface area (Å²) in [5.74, 6) is 3.37. The van der Waals surface area contributed by atoms with Crippen molar-refractivity contribution in [3.05, 3.63) is 77.9 Å². The minimum absolute atomic E-state index is 0.587. The highest BCUT2D eigenvalue weighted by Gasteiger charge is 2.12. The second-order valence-corrected chi connectivity index (χ2v) is 7.30. The lowest BCUT2D eigenvalue weighted by Crippen LogP contribution is -2.08. The molecule has 33 heavy (non-hydrogen) atoms. The number of benzene rings is 2. The molecule has 2 aromatic heterocycles. The Morgan fingerprint density at radius 1 is 0.848 bits per heavy atom. The van der Waals surface area contributed by atoms with Crippen LogP contribution in [-0.2, 0) is 6.42 Å². The molecule has 0 saturated heterocycles. The van der Waals surface area contributed by atoms with Crippen molar-refractivity contribution in [2.24, 2.45) is 0 Å². The van der Waals surface area contributed by atoms with E-state index in [4.69, 9.17) is 24.2 Å². The molecule has 0 radical (unpaired) electrons. The van der Waals surface area contributed by atoms with E-state index in [0.29, 0.717) is 23.9 Å². The Morgan fingerprint density at radius 2 is 1.64 bits per heavy atom. The molecule has 2 aromatic carbocycles. The van der Waals surface area contributed by atoms with Crippen molar-refractivity contribution >= 4 is 28.9 Å². The van der Waals surface area contributed by atoms with E-state index in [1.54, 1.807) is 33.7 Å². The van der Waals surface area contributed by atoms with Crippen molar-refractivity contribution in [2.75, 3.05) is 33.2 Å². The van der Waals surface area contributed by atoms with Gasteiger partial charge in [-0.25, -0.2) is 9.97 Å². The van der Waals surface area contributed by atoms with Gasteiger partial charge in [-0.3, -0.25) is 4.98 Å². The number of nitrogens with one attached hydrogen (secondary N) is 1. The van der Waals surface area contributed by atoms with Crippen LogP contribution >= 0.6 is 0 Å². The highest BCUT2D eigenvalue weighted by Crippen LogP contribution is 2.34. The summed E-state index contributed by atoms with van der Waals surface area (Å²) in [4.78, 5) is 13.6. The van der Waals surface area contributed by atoms with Gasteiger partial charge in [-0.15, -0.1) is 0 Å². The molecule has 0 spiro atoms. The second kappa shape index (κ2) is 10.5. The van der Waals surface area contributed by atoms with E-state index >= 15 is 0 Å². The number of pyridine rings is 1. The number of hydrogen-bond acceptors (Lipinski definition) is 7. The summed E-state index contributed by atoms with van der Waals surface area (Å²) in [5, 5.41) is 4.32. The van der Waals surface area contributed by atoms with Gasteiger partial charge in [0.25, 0.3) is 0 Å². The fourth-order valence-corrected chi connectivity index (χ4v) is 3.47. The third-order valence-corrected chi connectivity index (χ3v) is 5.19. The van der Waals surface area contributed by atoms with Crippen LogP contribution in [0, 0.1) is 0 Å². The van der Waals surface area contributed by atoms with Gasteiger partial charge in [0, 0.05) is 30.4 Å². The lowest BCUT2D eigenvalue weighted by molar-refractivity contribution is 0.356. The van der Waals surface area contributed by atoms with Gasteiger partial charge in [-0.05, 0) is 54.0 Å². The predicted molar refractivity (Wildman–Crippen MR) is 131 cm³/mol. The fourth-order valence-electron chi connectivity index (χ4n) is 3.47. The standard InChI is InChI=1S/C26H26N4O3/c1-31-20-6-4-5-19(15-20)7-8-25-29-22-17-24(33-3)23(32-2)16-21(22)26(30-25)28-14-11-18-9-12-27-13-10-18/h4-10,12-13,15-17H,11,14H2,1-3H3,(H,28,29,30)/b8-7+. The first-order chi connectivity index (χ1) is 16.2. The quantitative estimate of drug-likeness (QED) is 0.396. The van der Waals surface area contributed by atoms with Gasteiger partial charge in [0.1, 0.15) is 11.6 Å². The van der Waals surface area contributed by atoms with Gasteiger partial charge in [-0.2, -0.15) is 0 Å². The number of aromatic nitrogens is 3. The zero-order chi connectivity index (χ0) is 23.0. The van der Waals surface area contributed by atoms with E-state index < -0.39 is 0 Å². The molecule has 2 heterocycles. The van der Waals surface area contributed by atoms with Gasteiger partial charge >= 0.3 is 0 Å². The molecule has 168 valence electrons. The summed E-state index contributed by atoms with van der Waals surface area (Å²) in [6, 6.07) is 15.6. The van der Waals surface area contributed by atoms with Crippen LogP contribution in [0.25, 0.3) is 23.1 Å². The summed E-state index contributed by atoms with van der Waals surface area (Å²) in [5.41, 5.74) is 2.96. The monoisotopic (exact) mass is 442 g/mol. The number of fused-ring (bicyclic) bond motifs is 1. The molecule has 0 saturated carbocycles. The summed E-state index contributed by atoms with van der Waals surface area (Å²) in [7, 11) is 4.88. The molecule has 0 bridgehead atoms. The van der Waals surface area contributed by atoms with Gasteiger partial charge in [0.15, 0.2) is 17.3 Å².